The van der Waals surface area contributed by atoms with Gasteiger partial charge in [0, 0.05) is 37.2 Å². The fraction of sp³-hybridized carbons (Fsp3) is 0.185. The summed E-state index contributed by atoms with van der Waals surface area (Å²) in [6.45, 7) is 2.27. The third-order valence-electron chi connectivity index (χ3n) is 6.11. The van der Waals surface area contributed by atoms with Crippen molar-refractivity contribution in [3.8, 4) is 0 Å². The summed E-state index contributed by atoms with van der Waals surface area (Å²) < 4.78 is 0. The summed E-state index contributed by atoms with van der Waals surface area (Å²) in [5.41, 5.74) is 5.01. The van der Waals surface area contributed by atoms with Crippen LogP contribution in [-0.4, -0.2) is 34.2 Å². The Labute approximate surface area is 197 Å². The number of rotatable bonds is 5. The number of benzene rings is 2. The molecule has 3 aromatic rings. The molecule has 0 aliphatic carbocycles. The van der Waals surface area contributed by atoms with E-state index in [9.17, 15) is 14.4 Å². The molecule has 0 radical (unpaired) electrons. The van der Waals surface area contributed by atoms with Crippen LogP contribution in [-0.2, 0) is 27.3 Å². The first-order valence-corrected chi connectivity index (χ1v) is 11.3. The quantitative estimate of drug-likeness (QED) is 0.596. The molecule has 7 heteroatoms. The average Bonchev–Trinajstić information content (AvgIpc) is 3.09. The minimum Gasteiger partial charge on any atom is -0.336 e. The van der Waals surface area contributed by atoms with Gasteiger partial charge in [0.15, 0.2) is 0 Å². The lowest BCUT2D eigenvalue weighted by Crippen LogP contribution is -2.36. The Hall–Kier alpha value is -4.26. The van der Waals surface area contributed by atoms with Gasteiger partial charge in [-0.25, -0.2) is 0 Å². The molecule has 0 spiro atoms. The van der Waals surface area contributed by atoms with Crippen LogP contribution in [0, 0.1) is 0 Å². The monoisotopic (exact) mass is 452 g/mol. The van der Waals surface area contributed by atoms with Crippen LogP contribution < -0.4 is 10.2 Å². The topological polar surface area (TPSA) is 82.6 Å². The molecule has 2 aromatic carbocycles. The van der Waals surface area contributed by atoms with Crippen LogP contribution in [0.4, 0.5) is 11.4 Å². The molecule has 3 amide bonds. The number of hydrogen-bond acceptors (Lipinski definition) is 5. The highest BCUT2D eigenvalue weighted by Gasteiger charge is 2.42. The predicted octanol–water partition coefficient (Wildman–Crippen LogP) is 3.77. The van der Waals surface area contributed by atoms with Gasteiger partial charge in [-0.05, 0) is 59.9 Å². The number of amides is 3. The molecular weight excluding hydrogens is 428 g/mol. The molecule has 34 heavy (non-hydrogen) atoms. The molecule has 2 aliphatic heterocycles. The van der Waals surface area contributed by atoms with Crippen LogP contribution in [0.3, 0.4) is 0 Å². The van der Waals surface area contributed by atoms with Crippen molar-refractivity contribution in [3.05, 3.63) is 95.4 Å². The summed E-state index contributed by atoms with van der Waals surface area (Å²) in [6, 6.07) is 18.7. The van der Waals surface area contributed by atoms with E-state index < -0.39 is 0 Å². The summed E-state index contributed by atoms with van der Waals surface area (Å²) in [7, 11) is 0. The van der Waals surface area contributed by atoms with Gasteiger partial charge in [0.25, 0.3) is 11.8 Å². The smallest absolute Gasteiger partial charge is 0.278 e. The van der Waals surface area contributed by atoms with Gasteiger partial charge in [-0.15, -0.1) is 0 Å². The first-order chi connectivity index (χ1) is 16.5. The molecule has 1 N–H and O–H groups in total. The van der Waals surface area contributed by atoms with Crippen molar-refractivity contribution in [2.24, 2.45) is 0 Å². The number of aryl methyl sites for hydroxylation is 1. The number of aromatic nitrogens is 1. The molecule has 0 atom stereocenters. The van der Waals surface area contributed by atoms with Crippen molar-refractivity contribution in [2.75, 3.05) is 16.8 Å². The number of para-hydroxylation sites is 1. The van der Waals surface area contributed by atoms with Crippen LogP contribution in [0.2, 0.25) is 0 Å². The zero-order chi connectivity index (χ0) is 23.7. The lowest BCUT2D eigenvalue weighted by Gasteiger charge is -2.32. The fourth-order valence-electron chi connectivity index (χ4n) is 4.58. The number of nitrogens with one attached hydrogen (secondary N) is 1. The maximum Gasteiger partial charge on any atom is 0.278 e. The number of nitrogens with zero attached hydrogens (tertiary/aromatic N) is 3. The maximum atomic E-state index is 13.8. The van der Waals surface area contributed by atoms with Crippen molar-refractivity contribution >= 4 is 34.7 Å². The fourth-order valence-corrected chi connectivity index (χ4v) is 4.58. The van der Waals surface area contributed by atoms with Gasteiger partial charge in [0.1, 0.15) is 5.70 Å². The van der Waals surface area contributed by atoms with E-state index in [1.165, 1.54) is 11.8 Å². The average molecular weight is 453 g/mol. The molecule has 0 bridgehead atoms. The molecule has 2 aliphatic rings. The van der Waals surface area contributed by atoms with Crippen LogP contribution in [0.15, 0.2) is 78.8 Å². The minimum absolute atomic E-state index is 0.173. The van der Waals surface area contributed by atoms with E-state index in [1.54, 1.807) is 48.8 Å². The number of fused-ring (bicyclic) bond motifs is 1. The van der Waals surface area contributed by atoms with Crippen molar-refractivity contribution in [1.29, 1.82) is 0 Å². The Morgan fingerprint density at radius 3 is 2.44 bits per heavy atom. The largest absolute Gasteiger partial charge is 0.336 e. The highest BCUT2D eigenvalue weighted by atomic mass is 16.2. The van der Waals surface area contributed by atoms with Crippen molar-refractivity contribution < 1.29 is 14.4 Å². The molecule has 0 fully saturated rings. The lowest BCUT2D eigenvalue weighted by molar-refractivity contribution is -0.137. The highest BCUT2D eigenvalue weighted by molar-refractivity contribution is 6.36. The number of anilines is 2. The predicted molar refractivity (Wildman–Crippen MR) is 130 cm³/mol. The Kier molecular flexibility index (Phi) is 5.67. The van der Waals surface area contributed by atoms with Gasteiger partial charge in [0.05, 0.1) is 12.1 Å². The number of pyridine rings is 1. The molecule has 170 valence electrons. The van der Waals surface area contributed by atoms with Crippen molar-refractivity contribution in [3.63, 3.8) is 0 Å². The maximum absolute atomic E-state index is 13.8. The zero-order valence-corrected chi connectivity index (χ0v) is 18.8. The standard InChI is InChI=1S/C27H24N4O3/c1-18(32)29-22-10-8-21(9-11-22)24-25(30-16-4-6-20-5-2-3-7-23(20)30)27(34)31(26(24)33)17-19-12-14-28-15-13-19/h2-3,5,7-15H,4,6,16-17H2,1H3,(H,29,32). The second-order valence-electron chi connectivity index (χ2n) is 8.42. The Balaban J connectivity index is 1.60. The highest BCUT2D eigenvalue weighted by Crippen LogP contribution is 2.38. The number of hydrogen-bond donors (Lipinski definition) is 1. The molecule has 3 heterocycles. The van der Waals surface area contributed by atoms with Gasteiger partial charge in [-0.1, -0.05) is 30.3 Å². The molecule has 0 unspecified atom stereocenters. The summed E-state index contributed by atoms with van der Waals surface area (Å²) in [5, 5.41) is 2.74. The Morgan fingerprint density at radius 1 is 0.971 bits per heavy atom. The molecule has 1 aromatic heterocycles. The number of carbonyl (C=O) groups is 3. The third kappa shape index (κ3) is 3.96. The van der Waals surface area contributed by atoms with E-state index in [0.29, 0.717) is 29.1 Å². The molecular formula is C27H24N4O3. The van der Waals surface area contributed by atoms with E-state index in [0.717, 1.165) is 29.7 Å². The molecule has 0 saturated carbocycles. The summed E-state index contributed by atoms with van der Waals surface area (Å²) >= 11 is 0. The SMILES string of the molecule is CC(=O)Nc1ccc(C2=C(N3CCCc4ccccc43)C(=O)N(Cc3ccncc3)C2=O)cc1. The second-order valence-corrected chi connectivity index (χ2v) is 8.42. The van der Waals surface area contributed by atoms with E-state index >= 15 is 0 Å². The van der Waals surface area contributed by atoms with E-state index in [1.807, 2.05) is 23.1 Å². The molecule has 7 nitrogen and oxygen atoms in total. The van der Waals surface area contributed by atoms with Crippen LogP contribution in [0.5, 0.6) is 0 Å². The number of carbonyl (C=O) groups excluding carboxylic acids is 3. The number of imide groups is 1. The van der Waals surface area contributed by atoms with Crippen LogP contribution in [0.1, 0.15) is 30.0 Å². The van der Waals surface area contributed by atoms with E-state index in [2.05, 4.69) is 16.4 Å². The summed E-state index contributed by atoms with van der Waals surface area (Å²) in [6.07, 6.45) is 5.12. The van der Waals surface area contributed by atoms with E-state index in [-0.39, 0.29) is 24.3 Å². The minimum atomic E-state index is -0.327. The van der Waals surface area contributed by atoms with Gasteiger partial charge in [-0.3, -0.25) is 24.3 Å². The third-order valence-corrected chi connectivity index (χ3v) is 6.11. The van der Waals surface area contributed by atoms with Crippen LogP contribution in [0.25, 0.3) is 5.57 Å². The van der Waals surface area contributed by atoms with Gasteiger partial charge in [0.2, 0.25) is 5.91 Å². The summed E-state index contributed by atoms with van der Waals surface area (Å²) in [5.74, 6) is -0.806. The molecule has 0 saturated heterocycles. The Morgan fingerprint density at radius 2 is 1.71 bits per heavy atom. The molecule has 5 rings (SSSR count). The van der Waals surface area contributed by atoms with E-state index in [4.69, 9.17) is 0 Å². The zero-order valence-electron chi connectivity index (χ0n) is 18.8. The van der Waals surface area contributed by atoms with Crippen molar-refractivity contribution in [2.45, 2.75) is 26.3 Å². The normalized spacial score (nSPS) is 15.6. The second kappa shape index (κ2) is 8.94. The van der Waals surface area contributed by atoms with Gasteiger partial charge >= 0.3 is 0 Å². The van der Waals surface area contributed by atoms with Crippen molar-refractivity contribution in [1.82, 2.24) is 9.88 Å². The van der Waals surface area contributed by atoms with Crippen LogP contribution >= 0.6 is 0 Å². The first kappa shape index (κ1) is 21.6. The lowest BCUT2D eigenvalue weighted by atomic mass is 9.98. The first-order valence-electron chi connectivity index (χ1n) is 11.3. The summed E-state index contributed by atoms with van der Waals surface area (Å²) in [4.78, 5) is 46.2. The van der Waals surface area contributed by atoms with Gasteiger partial charge < -0.3 is 10.2 Å². The van der Waals surface area contributed by atoms with Gasteiger partial charge in [-0.2, -0.15) is 0 Å². The Bertz CT molecular complexity index is 1300.